The van der Waals surface area contributed by atoms with Gasteiger partial charge in [0.2, 0.25) is 17.3 Å². The topological polar surface area (TPSA) is 69.2 Å². The van der Waals surface area contributed by atoms with E-state index >= 15 is 0 Å². The highest BCUT2D eigenvalue weighted by molar-refractivity contribution is 7.98. The average Bonchev–Trinajstić information content (AvgIpc) is 3.13. The van der Waals surface area contributed by atoms with Crippen LogP contribution in [0.3, 0.4) is 0 Å². The van der Waals surface area contributed by atoms with Crippen LogP contribution in [0.15, 0.2) is 102 Å². The van der Waals surface area contributed by atoms with Crippen LogP contribution in [-0.2, 0) is 12.4 Å². The van der Waals surface area contributed by atoms with E-state index in [1.54, 1.807) is 24.3 Å². The number of fused-ring (bicyclic) bond motifs is 3. The zero-order chi connectivity index (χ0) is 26.6. The van der Waals surface area contributed by atoms with Crippen molar-refractivity contribution in [3.63, 3.8) is 0 Å². The quantitative estimate of drug-likeness (QED) is 0.206. The molecule has 5 aromatic rings. The Hall–Kier alpha value is -4.14. The Balaban J connectivity index is 1.33. The second-order valence-corrected chi connectivity index (χ2v) is 10.2. The molecule has 0 fully saturated rings. The first-order chi connectivity index (χ1) is 19.1. The standard InChI is InChI=1S/C30H22ClFN4O2S/c31-21-14-15-26(37-17-19-8-2-1-3-9-19)23(16-21)28-33-25-13-7-5-11-22(25)27-29(38-28)34-30(36-35-27)39-18-20-10-4-6-12-24(20)32/h1-16,28,33H,17-18H2. The molecule has 0 saturated carbocycles. The highest BCUT2D eigenvalue weighted by atomic mass is 35.5. The Morgan fingerprint density at radius 1 is 0.923 bits per heavy atom. The first kappa shape index (κ1) is 25.2. The van der Waals surface area contributed by atoms with E-state index in [1.807, 2.05) is 66.7 Å². The number of hydrogen-bond acceptors (Lipinski definition) is 7. The molecule has 1 aliphatic heterocycles. The van der Waals surface area contributed by atoms with Crippen LogP contribution in [0.2, 0.25) is 5.02 Å². The molecule has 0 amide bonds. The number of halogens is 2. The van der Waals surface area contributed by atoms with Crippen molar-refractivity contribution in [2.24, 2.45) is 0 Å². The maximum Gasteiger partial charge on any atom is 0.247 e. The number of rotatable bonds is 7. The fraction of sp³-hybridized carbons (Fsp3) is 0.100. The van der Waals surface area contributed by atoms with Crippen LogP contribution in [0.1, 0.15) is 22.9 Å². The number of aromatic nitrogens is 3. The first-order valence-corrected chi connectivity index (χ1v) is 13.6. The van der Waals surface area contributed by atoms with E-state index in [0.29, 0.717) is 51.0 Å². The van der Waals surface area contributed by atoms with Crippen molar-refractivity contribution in [3.05, 3.63) is 125 Å². The molecule has 0 saturated heterocycles. The van der Waals surface area contributed by atoms with Crippen molar-refractivity contribution in [1.82, 2.24) is 15.2 Å². The molecular formula is C30H22ClFN4O2S. The first-order valence-electron chi connectivity index (χ1n) is 12.2. The zero-order valence-electron chi connectivity index (χ0n) is 20.6. The number of thioether (sulfide) groups is 1. The molecule has 1 aliphatic rings. The van der Waals surface area contributed by atoms with Crippen LogP contribution in [0.5, 0.6) is 11.6 Å². The van der Waals surface area contributed by atoms with Gasteiger partial charge in [-0.15, -0.1) is 10.2 Å². The van der Waals surface area contributed by atoms with E-state index in [4.69, 9.17) is 21.1 Å². The molecule has 6 rings (SSSR count). The van der Waals surface area contributed by atoms with Crippen LogP contribution >= 0.6 is 23.4 Å². The summed E-state index contributed by atoms with van der Waals surface area (Å²) in [5.41, 5.74) is 4.42. The summed E-state index contributed by atoms with van der Waals surface area (Å²) in [7, 11) is 0. The largest absolute Gasteiger partial charge is 0.488 e. The van der Waals surface area contributed by atoms with E-state index in [2.05, 4.69) is 20.5 Å². The van der Waals surface area contributed by atoms with Crippen LogP contribution in [0.25, 0.3) is 11.3 Å². The van der Waals surface area contributed by atoms with Gasteiger partial charge in [0.05, 0.1) is 5.56 Å². The Kier molecular flexibility index (Phi) is 7.29. The second-order valence-electron chi connectivity index (χ2n) is 8.77. The van der Waals surface area contributed by atoms with Crippen LogP contribution < -0.4 is 14.8 Å². The summed E-state index contributed by atoms with van der Waals surface area (Å²) in [4.78, 5) is 4.67. The van der Waals surface area contributed by atoms with Crippen molar-refractivity contribution in [2.45, 2.75) is 23.7 Å². The maximum absolute atomic E-state index is 14.1. The van der Waals surface area contributed by atoms with E-state index in [1.165, 1.54) is 17.8 Å². The van der Waals surface area contributed by atoms with Gasteiger partial charge in [0.1, 0.15) is 18.2 Å². The second kappa shape index (κ2) is 11.3. The van der Waals surface area contributed by atoms with Gasteiger partial charge in [-0.05, 0) is 41.5 Å². The third-order valence-electron chi connectivity index (χ3n) is 6.14. The van der Waals surface area contributed by atoms with Gasteiger partial charge in [0, 0.05) is 22.0 Å². The smallest absolute Gasteiger partial charge is 0.247 e. The van der Waals surface area contributed by atoms with E-state index in [-0.39, 0.29) is 5.82 Å². The van der Waals surface area contributed by atoms with E-state index in [0.717, 1.165) is 16.8 Å². The summed E-state index contributed by atoms with van der Waals surface area (Å²) in [6.45, 7) is 0.385. The van der Waals surface area contributed by atoms with Crippen molar-refractivity contribution in [1.29, 1.82) is 0 Å². The van der Waals surface area contributed by atoms with Crippen LogP contribution in [-0.4, -0.2) is 15.2 Å². The fourth-order valence-corrected chi connectivity index (χ4v) is 5.14. The molecule has 1 N–H and O–H groups in total. The Morgan fingerprint density at radius 3 is 2.59 bits per heavy atom. The van der Waals surface area contributed by atoms with E-state index in [9.17, 15) is 4.39 Å². The fourth-order valence-electron chi connectivity index (χ4n) is 4.20. The molecule has 1 aromatic heterocycles. The van der Waals surface area contributed by atoms with Gasteiger partial charge in [-0.1, -0.05) is 90.1 Å². The summed E-state index contributed by atoms with van der Waals surface area (Å²) in [6, 6.07) is 29.7. The van der Waals surface area contributed by atoms with Gasteiger partial charge < -0.3 is 14.8 Å². The molecular weight excluding hydrogens is 535 g/mol. The molecule has 0 radical (unpaired) electrons. The summed E-state index contributed by atoms with van der Waals surface area (Å²) in [5, 5.41) is 13.1. The Morgan fingerprint density at radius 2 is 1.72 bits per heavy atom. The van der Waals surface area contributed by atoms with Gasteiger partial charge in [0.15, 0.2) is 5.69 Å². The van der Waals surface area contributed by atoms with Gasteiger partial charge in [-0.2, -0.15) is 4.98 Å². The number of hydrogen-bond donors (Lipinski definition) is 1. The summed E-state index contributed by atoms with van der Waals surface area (Å²) >= 11 is 7.71. The molecule has 1 unspecified atom stereocenters. The number of nitrogens with zero attached hydrogens (tertiary/aromatic N) is 3. The highest BCUT2D eigenvalue weighted by Crippen LogP contribution is 2.42. The minimum Gasteiger partial charge on any atom is -0.488 e. The van der Waals surface area contributed by atoms with Crippen LogP contribution in [0.4, 0.5) is 10.1 Å². The number of ether oxygens (including phenoxy) is 2. The lowest BCUT2D eigenvalue weighted by Crippen LogP contribution is -2.18. The maximum atomic E-state index is 14.1. The van der Waals surface area contributed by atoms with E-state index < -0.39 is 6.23 Å². The number of para-hydroxylation sites is 1. The van der Waals surface area contributed by atoms with Gasteiger partial charge in [0.25, 0.3) is 0 Å². The molecule has 0 bridgehead atoms. The average molecular weight is 557 g/mol. The summed E-state index contributed by atoms with van der Waals surface area (Å²) in [5.74, 6) is 1.01. The highest BCUT2D eigenvalue weighted by Gasteiger charge is 2.28. The third-order valence-corrected chi connectivity index (χ3v) is 7.26. The lowest BCUT2D eigenvalue weighted by molar-refractivity contribution is 0.214. The molecule has 194 valence electrons. The third kappa shape index (κ3) is 5.67. The van der Waals surface area contributed by atoms with Crippen molar-refractivity contribution < 1.29 is 13.9 Å². The molecule has 39 heavy (non-hydrogen) atoms. The van der Waals surface area contributed by atoms with Gasteiger partial charge in [-0.3, -0.25) is 0 Å². The Labute approximate surface area is 234 Å². The molecule has 9 heteroatoms. The SMILES string of the molecule is Fc1ccccc1CSc1nnc2c(n1)OC(c1cc(Cl)ccc1OCc1ccccc1)Nc1ccccc1-2. The minimum absolute atomic E-state index is 0.272. The minimum atomic E-state index is -0.682. The van der Waals surface area contributed by atoms with Crippen molar-refractivity contribution in [2.75, 3.05) is 5.32 Å². The van der Waals surface area contributed by atoms with Crippen molar-refractivity contribution in [3.8, 4) is 22.9 Å². The molecule has 1 atom stereocenters. The predicted molar refractivity (Wildman–Crippen MR) is 150 cm³/mol. The monoisotopic (exact) mass is 556 g/mol. The molecule has 0 spiro atoms. The van der Waals surface area contributed by atoms with Gasteiger partial charge in [-0.25, -0.2) is 4.39 Å². The number of benzene rings is 4. The predicted octanol–water partition coefficient (Wildman–Crippen LogP) is 7.71. The van der Waals surface area contributed by atoms with Crippen LogP contribution in [0, 0.1) is 5.82 Å². The number of anilines is 1. The summed E-state index contributed by atoms with van der Waals surface area (Å²) in [6.07, 6.45) is -0.682. The molecule has 2 heterocycles. The lowest BCUT2D eigenvalue weighted by atomic mass is 10.1. The normalized spacial score (nSPS) is 13.8. The number of nitrogens with one attached hydrogen (secondary N) is 1. The Bertz CT molecular complexity index is 1620. The zero-order valence-corrected chi connectivity index (χ0v) is 22.1. The van der Waals surface area contributed by atoms with Gasteiger partial charge >= 0.3 is 0 Å². The summed E-state index contributed by atoms with van der Waals surface area (Å²) < 4.78 is 26.8. The molecule has 0 aliphatic carbocycles. The molecule has 6 nitrogen and oxygen atoms in total. The van der Waals surface area contributed by atoms with Crippen molar-refractivity contribution >= 4 is 29.1 Å². The lowest BCUT2D eigenvalue weighted by Gasteiger charge is -2.22. The molecule has 4 aromatic carbocycles.